The van der Waals surface area contributed by atoms with E-state index in [2.05, 4.69) is 21.4 Å². The number of carbonyl (C=O) groups is 1. The molecule has 0 saturated carbocycles. The molecule has 1 amide bonds. The lowest BCUT2D eigenvalue weighted by atomic mass is 10.2. The number of carbonyl (C=O) groups excluding carboxylic acids is 1. The van der Waals surface area contributed by atoms with Crippen molar-refractivity contribution in [3.63, 3.8) is 0 Å². The van der Waals surface area contributed by atoms with E-state index in [9.17, 15) is 4.79 Å². The summed E-state index contributed by atoms with van der Waals surface area (Å²) in [4.78, 5) is 20.5. The molecule has 2 aromatic heterocycles. The first kappa shape index (κ1) is 15.3. The molecule has 1 N–H and O–H groups in total. The average molecular weight is 350 g/mol. The minimum atomic E-state index is -0.0995. The van der Waals surface area contributed by atoms with E-state index in [4.69, 9.17) is 11.6 Å². The fraction of sp³-hybridized carbons (Fsp3) is 0.133. The predicted octanol–water partition coefficient (Wildman–Crippen LogP) is 4.38. The topological polar surface area (TPSA) is 54.9 Å². The van der Waals surface area contributed by atoms with Crippen molar-refractivity contribution in [2.75, 3.05) is 11.1 Å². The number of nitrogens with one attached hydrogen (secondary N) is 1. The van der Waals surface area contributed by atoms with Gasteiger partial charge in [0.05, 0.1) is 26.0 Å². The summed E-state index contributed by atoms with van der Waals surface area (Å²) >= 11 is 8.61. The molecule has 0 radical (unpaired) electrons. The van der Waals surface area contributed by atoms with E-state index in [1.165, 1.54) is 28.7 Å². The van der Waals surface area contributed by atoms with Crippen molar-refractivity contribution < 1.29 is 4.79 Å². The second kappa shape index (κ2) is 6.64. The van der Waals surface area contributed by atoms with Gasteiger partial charge in [-0.3, -0.25) is 4.79 Å². The Morgan fingerprint density at radius 3 is 3.00 bits per heavy atom. The summed E-state index contributed by atoms with van der Waals surface area (Å²) in [5.41, 5.74) is 2.08. The Kier molecular flexibility index (Phi) is 4.61. The maximum absolute atomic E-state index is 12.0. The van der Waals surface area contributed by atoms with Crippen LogP contribution >= 0.6 is 34.7 Å². The van der Waals surface area contributed by atoms with Crippen LogP contribution in [-0.4, -0.2) is 21.6 Å². The molecule has 0 spiro atoms. The zero-order valence-electron chi connectivity index (χ0n) is 11.7. The summed E-state index contributed by atoms with van der Waals surface area (Å²) in [5.74, 6) is 0.182. The van der Waals surface area contributed by atoms with Crippen LogP contribution in [0.4, 0.5) is 5.13 Å². The van der Waals surface area contributed by atoms with Crippen LogP contribution in [0.15, 0.2) is 41.6 Å². The normalized spacial score (nSPS) is 10.8. The summed E-state index contributed by atoms with van der Waals surface area (Å²) in [6.07, 6.45) is 1.57. The fourth-order valence-corrected chi connectivity index (χ4v) is 3.56. The predicted molar refractivity (Wildman–Crippen MR) is 93.0 cm³/mol. The largest absolute Gasteiger partial charge is 0.301 e. The number of aromatic nitrogens is 2. The van der Waals surface area contributed by atoms with E-state index in [1.807, 2.05) is 19.1 Å². The van der Waals surface area contributed by atoms with Crippen molar-refractivity contribution in [1.29, 1.82) is 0 Å². The van der Waals surface area contributed by atoms with Crippen molar-refractivity contribution in [2.45, 2.75) is 11.9 Å². The van der Waals surface area contributed by atoms with Crippen molar-refractivity contribution >= 4 is 56.0 Å². The Morgan fingerprint density at radius 2 is 2.23 bits per heavy atom. The Bertz CT molecular complexity index is 817. The molecule has 0 aliphatic heterocycles. The SMILES string of the molecule is Cc1ccc2nc(NC(=O)CSc3ccc(Cl)cn3)sc2c1. The molecule has 4 nitrogen and oxygen atoms in total. The van der Waals surface area contributed by atoms with Crippen LogP contribution < -0.4 is 5.32 Å². The number of thioether (sulfide) groups is 1. The first-order chi connectivity index (χ1) is 10.6. The van der Waals surface area contributed by atoms with Gasteiger partial charge < -0.3 is 5.32 Å². The summed E-state index contributed by atoms with van der Waals surface area (Å²) in [6, 6.07) is 9.58. The molecular weight excluding hydrogens is 338 g/mol. The van der Waals surface area contributed by atoms with Gasteiger partial charge in [0.2, 0.25) is 5.91 Å². The van der Waals surface area contributed by atoms with Crippen LogP contribution in [0.25, 0.3) is 10.2 Å². The number of nitrogens with zero attached hydrogens (tertiary/aromatic N) is 2. The first-order valence-corrected chi connectivity index (χ1v) is 8.69. The molecule has 0 aliphatic rings. The lowest BCUT2D eigenvalue weighted by molar-refractivity contribution is -0.113. The number of benzene rings is 1. The van der Waals surface area contributed by atoms with Crippen LogP contribution in [-0.2, 0) is 4.79 Å². The Morgan fingerprint density at radius 1 is 1.36 bits per heavy atom. The molecule has 0 aliphatic carbocycles. The van der Waals surface area contributed by atoms with Gasteiger partial charge in [-0.15, -0.1) is 0 Å². The third-order valence-electron chi connectivity index (χ3n) is 2.84. The number of fused-ring (bicyclic) bond motifs is 1. The van der Waals surface area contributed by atoms with Crippen molar-refractivity contribution in [3.8, 4) is 0 Å². The third-order valence-corrected chi connectivity index (χ3v) is 4.94. The number of aryl methyl sites for hydroxylation is 1. The molecule has 0 saturated heterocycles. The van der Waals surface area contributed by atoms with Gasteiger partial charge in [-0.1, -0.05) is 40.8 Å². The quantitative estimate of drug-likeness (QED) is 0.710. The number of thiazole rings is 1. The van der Waals surface area contributed by atoms with E-state index < -0.39 is 0 Å². The number of rotatable bonds is 4. The lowest BCUT2D eigenvalue weighted by Gasteiger charge is -2.01. The van der Waals surface area contributed by atoms with E-state index in [-0.39, 0.29) is 11.7 Å². The van der Waals surface area contributed by atoms with Gasteiger partial charge in [-0.2, -0.15) is 0 Å². The first-order valence-electron chi connectivity index (χ1n) is 6.51. The molecule has 0 atom stereocenters. The molecule has 3 rings (SSSR count). The van der Waals surface area contributed by atoms with E-state index >= 15 is 0 Å². The molecule has 112 valence electrons. The zero-order chi connectivity index (χ0) is 15.5. The van der Waals surface area contributed by atoms with Gasteiger partial charge >= 0.3 is 0 Å². The molecular formula is C15H12ClN3OS2. The summed E-state index contributed by atoms with van der Waals surface area (Å²) in [5, 5.41) is 4.79. The molecule has 1 aromatic carbocycles. The highest BCUT2D eigenvalue weighted by Gasteiger charge is 2.09. The molecule has 0 bridgehead atoms. The van der Waals surface area contributed by atoms with Crippen molar-refractivity contribution in [2.24, 2.45) is 0 Å². The number of halogens is 1. The maximum atomic E-state index is 12.0. The molecule has 22 heavy (non-hydrogen) atoms. The Hall–Kier alpha value is -1.63. The Balaban J connectivity index is 1.61. The lowest BCUT2D eigenvalue weighted by Crippen LogP contribution is -2.13. The molecule has 0 fully saturated rings. The molecule has 0 unspecified atom stereocenters. The summed E-state index contributed by atoms with van der Waals surface area (Å²) < 4.78 is 1.07. The average Bonchev–Trinajstić information content (AvgIpc) is 2.88. The van der Waals surface area contributed by atoms with Crippen LogP contribution in [0, 0.1) is 6.92 Å². The third kappa shape index (κ3) is 3.76. The molecule has 3 aromatic rings. The van der Waals surface area contributed by atoms with Crippen molar-refractivity contribution in [3.05, 3.63) is 47.1 Å². The van der Waals surface area contributed by atoms with E-state index in [0.717, 1.165) is 15.2 Å². The van der Waals surface area contributed by atoms with Gasteiger partial charge in [-0.25, -0.2) is 9.97 Å². The minimum absolute atomic E-state index is 0.0995. The summed E-state index contributed by atoms with van der Waals surface area (Å²) in [6.45, 7) is 2.03. The van der Waals surface area contributed by atoms with Crippen LogP contribution in [0.5, 0.6) is 0 Å². The van der Waals surface area contributed by atoms with E-state index in [0.29, 0.717) is 10.2 Å². The number of hydrogen-bond acceptors (Lipinski definition) is 5. The van der Waals surface area contributed by atoms with Crippen LogP contribution in [0.1, 0.15) is 5.56 Å². The van der Waals surface area contributed by atoms with Gasteiger partial charge in [0.25, 0.3) is 0 Å². The highest BCUT2D eigenvalue weighted by molar-refractivity contribution is 7.99. The van der Waals surface area contributed by atoms with Gasteiger partial charge in [0.1, 0.15) is 0 Å². The minimum Gasteiger partial charge on any atom is -0.301 e. The van der Waals surface area contributed by atoms with Gasteiger partial charge in [0.15, 0.2) is 5.13 Å². The second-order valence-corrected chi connectivity index (χ2v) is 7.10. The fourth-order valence-electron chi connectivity index (χ4n) is 1.83. The van der Waals surface area contributed by atoms with Gasteiger partial charge in [-0.05, 0) is 36.8 Å². The highest BCUT2D eigenvalue weighted by atomic mass is 35.5. The molecule has 2 heterocycles. The number of amides is 1. The maximum Gasteiger partial charge on any atom is 0.236 e. The van der Waals surface area contributed by atoms with Crippen molar-refractivity contribution in [1.82, 2.24) is 9.97 Å². The Labute approximate surface area is 140 Å². The van der Waals surface area contributed by atoms with Crippen LogP contribution in [0.2, 0.25) is 5.02 Å². The monoisotopic (exact) mass is 349 g/mol. The highest BCUT2D eigenvalue weighted by Crippen LogP contribution is 2.27. The van der Waals surface area contributed by atoms with Gasteiger partial charge in [0, 0.05) is 6.20 Å². The summed E-state index contributed by atoms with van der Waals surface area (Å²) in [7, 11) is 0. The second-order valence-electron chi connectivity index (χ2n) is 4.64. The zero-order valence-corrected chi connectivity index (χ0v) is 14.1. The van der Waals surface area contributed by atoms with E-state index in [1.54, 1.807) is 18.3 Å². The number of anilines is 1. The molecule has 7 heteroatoms. The number of hydrogen-bond donors (Lipinski definition) is 1. The van der Waals surface area contributed by atoms with Crippen LogP contribution in [0.3, 0.4) is 0 Å². The smallest absolute Gasteiger partial charge is 0.236 e. The standard InChI is InChI=1S/C15H12ClN3OS2/c1-9-2-4-11-12(6-9)22-15(18-11)19-13(20)8-21-14-5-3-10(16)7-17-14/h2-7H,8H2,1H3,(H,18,19,20). The number of pyridine rings is 1.